The highest BCUT2D eigenvalue weighted by Crippen LogP contribution is 2.23. The summed E-state index contributed by atoms with van der Waals surface area (Å²) < 4.78 is 16.2. The predicted octanol–water partition coefficient (Wildman–Crippen LogP) is 3.29. The van der Waals surface area contributed by atoms with E-state index >= 15 is 0 Å². The molecule has 0 unspecified atom stereocenters. The Labute approximate surface area is 136 Å². The van der Waals surface area contributed by atoms with Crippen molar-refractivity contribution in [2.45, 2.75) is 13.3 Å². The molecule has 0 atom stereocenters. The van der Waals surface area contributed by atoms with Crippen molar-refractivity contribution in [3.63, 3.8) is 0 Å². The van der Waals surface area contributed by atoms with Gasteiger partial charge in [-0.15, -0.1) is 0 Å². The third kappa shape index (κ3) is 5.21. The van der Waals surface area contributed by atoms with E-state index in [1.165, 1.54) is 0 Å². The second kappa shape index (κ2) is 8.68. The van der Waals surface area contributed by atoms with Gasteiger partial charge in [-0.1, -0.05) is 18.2 Å². The highest BCUT2D eigenvalue weighted by atomic mass is 16.5. The van der Waals surface area contributed by atoms with Crippen molar-refractivity contribution in [2.24, 2.45) is 0 Å². The zero-order valence-electron chi connectivity index (χ0n) is 13.2. The Bertz CT molecular complexity index is 628. The fraction of sp³-hybridized carbons (Fsp3) is 0.278. The molecule has 2 N–H and O–H groups in total. The van der Waals surface area contributed by atoms with Crippen molar-refractivity contribution in [1.82, 2.24) is 0 Å². The van der Waals surface area contributed by atoms with E-state index in [2.05, 4.69) is 0 Å². The number of esters is 1. The average Bonchev–Trinajstić information content (AvgIpc) is 2.57. The highest BCUT2D eigenvalue weighted by Gasteiger charge is 2.10. The van der Waals surface area contributed by atoms with Crippen LogP contribution in [-0.4, -0.2) is 25.8 Å². The van der Waals surface area contributed by atoms with Gasteiger partial charge in [0.2, 0.25) is 0 Å². The van der Waals surface area contributed by atoms with Crippen LogP contribution >= 0.6 is 0 Å². The quantitative estimate of drug-likeness (QED) is 0.460. The molecular weight excluding hydrogens is 294 g/mol. The Morgan fingerprint density at radius 2 is 1.78 bits per heavy atom. The van der Waals surface area contributed by atoms with Crippen molar-refractivity contribution >= 4 is 11.7 Å². The van der Waals surface area contributed by atoms with E-state index in [4.69, 9.17) is 19.9 Å². The molecule has 2 rings (SSSR count). The zero-order valence-corrected chi connectivity index (χ0v) is 13.2. The van der Waals surface area contributed by atoms with Crippen LogP contribution in [0.3, 0.4) is 0 Å². The minimum absolute atomic E-state index is 0.330. The molecule has 0 heterocycles. The molecule has 0 saturated heterocycles. The molecule has 122 valence electrons. The van der Waals surface area contributed by atoms with Crippen molar-refractivity contribution in [3.05, 3.63) is 54.1 Å². The zero-order chi connectivity index (χ0) is 16.5. The summed E-state index contributed by atoms with van der Waals surface area (Å²) in [7, 11) is 0. The van der Waals surface area contributed by atoms with Gasteiger partial charge in [-0.05, 0) is 37.3 Å². The summed E-state index contributed by atoms with van der Waals surface area (Å²) in [4.78, 5) is 11.7. The Morgan fingerprint density at radius 3 is 2.52 bits per heavy atom. The molecular formula is C18H21NO4. The van der Waals surface area contributed by atoms with Crippen molar-refractivity contribution in [2.75, 3.05) is 25.6 Å². The predicted molar refractivity (Wildman–Crippen MR) is 88.9 cm³/mol. The second-order valence-electron chi connectivity index (χ2n) is 4.84. The molecule has 0 aromatic heterocycles. The summed E-state index contributed by atoms with van der Waals surface area (Å²) in [6.45, 7) is 3.08. The molecule has 0 aliphatic rings. The first kappa shape index (κ1) is 16.7. The van der Waals surface area contributed by atoms with Crippen LogP contribution in [0.15, 0.2) is 48.5 Å². The summed E-state index contributed by atoms with van der Waals surface area (Å²) in [5.74, 6) is 0.927. The number of nitrogen functional groups attached to an aromatic ring is 1. The summed E-state index contributed by atoms with van der Waals surface area (Å²) in [6, 6.07) is 14.5. The highest BCUT2D eigenvalue weighted by molar-refractivity contribution is 5.90. The van der Waals surface area contributed by atoms with Gasteiger partial charge in [-0.2, -0.15) is 0 Å². The summed E-state index contributed by atoms with van der Waals surface area (Å²) in [5, 5.41) is 0. The number of rotatable bonds is 8. The van der Waals surface area contributed by atoms with Gasteiger partial charge >= 0.3 is 5.97 Å². The third-order valence-electron chi connectivity index (χ3n) is 3.08. The number of para-hydroxylation sites is 1. The molecule has 0 radical (unpaired) electrons. The Kier molecular flexibility index (Phi) is 6.29. The number of hydrogen-bond donors (Lipinski definition) is 1. The van der Waals surface area contributed by atoms with Crippen molar-refractivity contribution in [1.29, 1.82) is 0 Å². The van der Waals surface area contributed by atoms with E-state index in [1.54, 1.807) is 25.1 Å². The van der Waals surface area contributed by atoms with Crippen LogP contribution in [0.5, 0.6) is 11.5 Å². The number of ether oxygens (including phenoxy) is 3. The van der Waals surface area contributed by atoms with E-state index < -0.39 is 0 Å². The lowest BCUT2D eigenvalue weighted by molar-refractivity contribution is 0.0526. The van der Waals surface area contributed by atoms with E-state index in [0.717, 1.165) is 5.75 Å². The number of anilines is 1. The molecule has 5 nitrogen and oxygen atoms in total. The third-order valence-corrected chi connectivity index (χ3v) is 3.08. The van der Waals surface area contributed by atoms with Gasteiger partial charge < -0.3 is 19.9 Å². The molecule has 0 aliphatic carbocycles. The maximum absolute atomic E-state index is 11.7. The molecule has 0 fully saturated rings. The number of carbonyl (C=O) groups excluding carboxylic acids is 1. The van der Waals surface area contributed by atoms with Gasteiger partial charge in [0.05, 0.1) is 31.1 Å². The molecule has 23 heavy (non-hydrogen) atoms. The first-order valence-corrected chi connectivity index (χ1v) is 7.58. The fourth-order valence-corrected chi connectivity index (χ4v) is 1.95. The largest absolute Gasteiger partial charge is 0.493 e. The standard InChI is InChI=1S/C18H21NO4/c1-2-21-18(20)14-9-10-16(19)17(13-14)23-12-6-11-22-15-7-4-3-5-8-15/h3-5,7-10,13H,2,6,11-12,19H2,1H3. The molecule has 2 aromatic carbocycles. The number of hydrogen-bond acceptors (Lipinski definition) is 5. The maximum Gasteiger partial charge on any atom is 0.338 e. The lowest BCUT2D eigenvalue weighted by atomic mass is 10.2. The lowest BCUT2D eigenvalue weighted by Crippen LogP contribution is -2.08. The van der Waals surface area contributed by atoms with Crippen LogP contribution in [0.4, 0.5) is 5.69 Å². The van der Waals surface area contributed by atoms with Gasteiger partial charge in [-0.3, -0.25) is 0 Å². The van der Waals surface area contributed by atoms with Gasteiger partial charge in [-0.25, -0.2) is 4.79 Å². The van der Waals surface area contributed by atoms with Crippen LogP contribution in [0.1, 0.15) is 23.7 Å². The molecule has 0 amide bonds. The van der Waals surface area contributed by atoms with Gasteiger partial charge in [0.25, 0.3) is 0 Å². The van der Waals surface area contributed by atoms with Crippen molar-refractivity contribution < 1.29 is 19.0 Å². The number of carbonyl (C=O) groups is 1. The SMILES string of the molecule is CCOC(=O)c1ccc(N)c(OCCCOc2ccccc2)c1. The average molecular weight is 315 g/mol. The fourth-order valence-electron chi connectivity index (χ4n) is 1.95. The molecule has 2 aromatic rings. The summed E-state index contributed by atoms with van der Waals surface area (Å²) in [5.41, 5.74) is 6.78. The second-order valence-corrected chi connectivity index (χ2v) is 4.84. The Balaban J connectivity index is 1.80. The number of nitrogens with two attached hydrogens (primary N) is 1. The van der Waals surface area contributed by atoms with E-state index in [9.17, 15) is 4.79 Å². The molecule has 0 spiro atoms. The maximum atomic E-state index is 11.7. The van der Waals surface area contributed by atoms with Crippen LogP contribution in [0.25, 0.3) is 0 Å². The molecule has 0 bridgehead atoms. The Hall–Kier alpha value is -2.69. The van der Waals surface area contributed by atoms with Gasteiger partial charge in [0, 0.05) is 6.42 Å². The number of benzene rings is 2. The minimum Gasteiger partial charge on any atom is -0.493 e. The van der Waals surface area contributed by atoms with Crippen LogP contribution in [-0.2, 0) is 4.74 Å². The first-order chi connectivity index (χ1) is 11.2. The molecule has 0 saturated carbocycles. The topological polar surface area (TPSA) is 70.8 Å². The van der Waals surface area contributed by atoms with E-state index in [0.29, 0.717) is 43.2 Å². The van der Waals surface area contributed by atoms with Gasteiger partial charge in [0.15, 0.2) is 0 Å². The molecule has 0 aliphatic heterocycles. The summed E-state index contributed by atoms with van der Waals surface area (Å²) in [6.07, 6.45) is 0.706. The first-order valence-electron chi connectivity index (χ1n) is 7.58. The van der Waals surface area contributed by atoms with E-state index in [1.807, 2.05) is 30.3 Å². The Morgan fingerprint density at radius 1 is 1.04 bits per heavy atom. The monoisotopic (exact) mass is 315 g/mol. The molecule has 5 heteroatoms. The van der Waals surface area contributed by atoms with Gasteiger partial charge in [0.1, 0.15) is 11.5 Å². The van der Waals surface area contributed by atoms with Crippen LogP contribution in [0.2, 0.25) is 0 Å². The lowest BCUT2D eigenvalue weighted by Gasteiger charge is -2.11. The van der Waals surface area contributed by atoms with Crippen LogP contribution < -0.4 is 15.2 Å². The van der Waals surface area contributed by atoms with E-state index in [-0.39, 0.29) is 5.97 Å². The minimum atomic E-state index is -0.384. The smallest absolute Gasteiger partial charge is 0.338 e. The summed E-state index contributed by atoms with van der Waals surface area (Å²) >= 11 is 0. The van der Waals surface area contributed by atoms with Crippen molar-refractivity contribution in [3.8, 4) is 11.5 Å². The normalized spacial score (nSPS) is 10.1. The van der Waals surface area contributed by atoms with Crippen LogP contribution in [0, 0.1) is 0 Å².